The zero-order valence-electron chi connectivity index (χ0n) is 5.13. The van der Waals surface area contributed by atoms with Gasteiger partial charge in [-0.15, -0.1) is 0 Å². The van der Waals surface area contributed by atoms with E-state index in [2.05, 4.69) is 0 Å². The monoisotopic (exact) mass is 207 g/mol. The summed E-state index contributed by atoms with van der Waals surface area (Å²) in [6.45, 7) is 4.38. The van der Waals surface area contributed by atoms with Crippen molar-refractivity contribution in [1.82, 2.24) is 0 Å². The Kier molecular flexibility index (Phi) is 30.9. The first kappa shape index (κ1) is 15.7. The summed E-state index contributed by atoms with van der Waals surface area (Å²) in [5, 5.41) is 0. The minimum Gasteiger partial charge on any atom is -0.542 e. The van der Waals surface area contributed by atoms with Crippen molar-refractivity contribution in [2.75, 3.05) is 0 Å². The van der Waals surface area contributed by atoms with Crippen LogP contribution in [0, 0.1) is 0 Å². The summed E-state index contributed by atoms with van der Waals surface area (Å²) in [6, 6.07) is 0. The summed E-state index contributed by atoms with van der Waals surface area (Å²) in [5.41, 5.74) is 0. The third-order valence-corrected chi connectivity index (χ3v) is 0. The molecule has 2 nitrogen and oxygen atoms in total. The molecule has 0 heterocycles. The second-order valence-electron chi connectivity index (χ2n) is 1.11. The largest absolute Gasteiger partial charge is 0.542 e. The van der Waals surface area contributed by atoms with Crippen LogP contribution in [0.4, 0.5) is 0 Å². The fraction of sp³-hybridized carbons (Fsp3) is 0.600. The molecule has 0 aliphatic heterocycles. The van der Waals surface area contributed by atoms with E-state index in [-0.39, 0.29) is 26.2 Å². The van der Waals surface area contributed by atoms with Crippen molar-refractivity contribution in [3.8, 4) is 0 Å². The van der Waals surface area contributed by atoms with E-state index in [1.807, 2.05) is 0 Å². The normalized spacial score (nSPS) is 4.88. The second kappa shape index (κ2) is 15.7. The van der Waals surface area contributed by atoms with E-state index in [1.165, 1.54) is 27.1 Å². The molecular weight excluding hydrogens is 198 g/mol. The summed E-state index contributed by atoms with van der Waals surface area (Å²) >= 11 is 0. The van der Waals surface area contributed by atoms with E-state index in [9.17, 15) is 4.79 Å². The molecule has 0 aromatic carbocycles. The molecule has 0 unspecified atom stereocenters. The number of Topliss-reactive ketones (excluding diaryl/α,β-unsaturated/α-hetero) is 1. The van der Waals surface area contributed by atoms with Gasteiger partial charge in [-0.2, -0.15) is 6.92 Å². The average molecular weight is 208 g/mol. The minimum atomic E-state index is 0. The van der Waals surface area contributed by atoms with Crippen molar-refractivity contribution in [3.05, 3.63) is 0 Å². The van der Waals surface area contributed by atoms with Crippen LogP contribution >= 0.6 is 0 Å². The van der Waals surface area contributed by atoms with E-state index in [0.29, 0.717) is 0 Å². The first-order valence-corrected chi connectivity index (χ1v) is 1.91. The average Bonchev–Trinajstić information content (AvgIpc) is 1.33. The van der Waals surface area contributed by atoms with Crippen molar-refractivity contribution in [2.45, 2.75) is 20.8 Å². The molecule has 0 aromatic heterocycles. The van der Waals surface area contributed by atoms with Crippen molar-refractivity contribution in [2.24, 2.45) is 0 Å². The van der Waals surface area contributed by atoms with Gasteiger partial charge in [0, 0.05) is 20.4 Å². The summed E-state index contributed by atoms with van der Waals surface area (Å²) in [5.74, 6) is 0.167. The molecule has 0 fully saturated rings. The maximum atomic E-state index is 9.44. The topological polar surface area (TPSA) is 34.1 Å². The Morgan fingerprint density at radius 1 is 1.38 bits per heavy atom. The molecule has 0 N–H and O–H groups in total. The van der Waals surface area contributed by atoms with E-state index < -0.39 is 0 Å². The van der Waals surface area contributed by atoms with Gasteiger partial charge in [-0.05, 0) is 13.8 Å². The number of hydrogen-bond donors (Lipinski definition) is 0. The second-order valence-corrected chi connectivity index (χ2v) is 1.11. The molecule has 3 heteroatoms. The van der Waals surface area contributed by atoms with Gasteiger partial charge in [-0.25, -0.2) is 0 Å². The molecule has 0 saturated heterocycles. The van der Waals surface area contributed by atoms with Gasteiger partial charge in [0.25, 0.3) is 0 Å². The van der Waals surface area contributed by atoms with Crippen LogP contribution in [0.2, 0.25) is 0 Å². The Morgan fingerprint density at radius 2 is 1.38 bits per heavy atom. The maximum Gasteiger partial charge on any atom is 0.126 e. The predicted molar refractivity (Wildman–Crippen MR) is 27.7 cm³/mol. The molecule has 0 aliphatic carbocycles. The fourth-order valence-corrected chi connectivity index (χ4v) is 0. The number of ketones is 1. The molecular formula is C5H9O2Pd-. The third kappa shape index (κ3) is 27500000. The quantitative estimate of drug-likeness (QED) is 0.433. The summed E-state index contributed by atoms with van der Waals surface area (Å²) in [4.78, 5) is 18.1. The number of carbonyl (C=O) groups excluding carboxylic acids is 2. The Morgan fingerprint density at radius 3 is 1.38 bits per heavy atom. The molecule has 0 amide bonds. The minimum absolute atomic E-state index is 0. The Bertz CT molecular complexity index is 57.4. The van der Waals surface area contributed by atoms with E-state index in [1.54, 1.807) is 0 Å². The fourth-order valence-electron chi connectivity index (χ4n) is 0. The summed E-state index contributed by atoms with van der Waals surface area (Å²) in [7, 11) is 0. The van der Waals surface area contributed by atoms with E-state index in [4.69, 9.17) is 4.79 Å². The molecule has 0 radical (unpaired) electrons. The summed E-state index contributed by atoms with van der Waals surface area (Å²) in [6.07, 6.45) is 1.50. The van der Waals surface area contributed by atoms with Gasteiger partial charge in [0.15, 0.2) is 0 Å². The van der Waals surface area contributed by atoms with E-state index >= 15 is 0 Å². The molecule has 0 rings (SSSR count). The van der Waals surface area contributed by atoms with Gasteiger partial charge in [0.1, 0.15) is 5.78 Å². The Balaban J connectivity index is -0.0000000575. The van der Waals surface area contributed by atoms with Crippen LogP contribution in [0.3, 0.4) is 0 Å². The van der Waals surface area contributed by atoms with Crippen LogP contribution in [0.25, 0.3) is 0 Å². The summed E-state index contributed by atoms with van der Waals surface area (Å²) < 4.78 is 0. The van der Waals surface area contributed by atoms with Gasteiger partial charge >= 0.3 is 0 Å². The Labute approximate surface area is 63.3 Å². The van der Waals surface area contributed by atoms with Gasteiger partial charge in [0.2, 0.25) is 0 Å². The van der Waals surface area contributed by atoms with Gasteiger partial charge < -0.3 is 9.59 Å². The van der Waals surface area contributed by atoms with Gasteiger partial charge in [-0.1, -0.05) is 0 Å². The molecule has 0 atom stereocenters. The molecule has 0 spiro atoms. The van der Waals surface area contributed by atoms with Crippen LogP contribution in [0.5, 0.6) is 0 Å². The number of rotatable bonds is 0. The smallest absolute Gasteiger partial charge is 0.126 e. The van der Waals surface area contributed by atoms with Crippen molar-refractivity contribution in [3.63, 3.8) is 0 Å². The first-order valence-electron chi connectivity index (χ1n) is 1.91. The molecule has 0 aromatic rings. The molecule has 0 bridgehead atoms. The van der Waals surface area contributed by atoms with E-state index in [0.717, 1.165) is 0 Å². The third-order valence-electron chi connectivity index (χ3n) is 0. The molecule has 8 heavy (non-hydrogen) atoms. The zero-order valence-corrected chi connectivity index (χ0v) is 6.69. The van der Waals surface area contributed by atoms with Crippen molar-refractivity contribution in [1.29, 1.82) is 0 Å². The van der Waals surface area contributed by atoms with Crippen LogP contribution in [0.1, 0.15) is 20.8 Å². The Hall–Kier alpha value is 0.00234. The van der Waals surface area contributed by atoms with Crippen LogP contribution in [-0.4, -0.2) is 12.1 Å². The van der Waals surface area contributed by atoms with Gasteiger partial charge in [-0.3, -0.25) is 6.29 Å². The van der Waals surface area contributed by atoms with Crippen LogP contribution in [0.15, 0.2) is 0 Å². The van der Waals surface area contributed by atoms with Crippen molar-refractivity contribution >= 4 is 12.1 Å². The predicted octanol–water partition coefficient (Wildman–Crippen LogP) is 0.709. The van der Waals surface area contributed by atoms with Gasteiger partial charge in [0.05, 0.1) is 0 Å². The standard InChI is InChI=1S/C3H6O.C2H3O.Pd/c1-3(2)4;1-2-3;/h1-2H3;1H3;/q;-1;. The number of carbonyl (C=O) groups is 1. The molecule has 0 aliphatic rings. The van der Waals surface area contributed by atoms with Crippen LogP contribution < -0.4 is 0 Å². The zero-order chi connectivity index (χ0) is 6.28. The first-order chi connectivity index (χ1) is 3.15. The molecule has 52 valence electrons. The van der Waals surface area contributed by atoms with Crippen molar-refractivity contribution < 1.29 is 30.0 Å². The maximum absolute atomic E-state index is 9.44. The van der Waals surface area contributed by atoms with Crippen LogP contribution in [-0.2, 0) is 30.0 Å². The number of hydrogen-bond acceptors (Lipinski definition) is 2. The molecule has 0 saturated carbocycles. The SMILES string of the molecule is CC(C)=O.C[C-]=O.[Pd].